The summed E-state index contributed by atoms with van der Waals surface area (Å²) >= 11 is 0. The van der Waals surface area contributed by atoms with Crippen molar-refractivity contribution in [3.8, 4) is 0 Å². The van der Waals surface area contributed by atoms with Crippen LogP contribution in [0.5, 0.6) is 0 Å². The summed E-state index contributed by atoms with van der Waals surface area (Å²) in [6, 6.07) is 0.443. The lowest BCUT2D eigenvalue weighted by Crippen LogP contribution is -2.62. The molecular weight excluding hydrogens is 202 g/mol. The van der Waals surface area contributed by atoms with Gasteiger partial charge in [-0.25, -0.2) is 0 Å². The number of hydrogen-bond acceptors (Lipinski definition) is 2. The Bertz CT molecular complexity index is 185. The topological polar surface area (TPSA) is 53.9 Å². The molecular formula is C10H21ClNO2+. The molecule has 0 bridgehead atoms. The third-order valence-electron chi connectivity index (χ3n) is 2.47. The molecule has 1 saturated carbocycles. The van der Waals surface area contributed by atoms with Gasteiger partial charge in [-0.2, -0.15) is 0 Å². The molecule has 1 aliphatic rings. The molecule has 0 heterocycles. The molecule has 4 heteroatoms. The van der Waals surface area contributed by atoms with Gasteiger partial charge in [0.25, 0.3) is 0 Å². The molecule has 0 amide bonds. The first-order valence-electron chi connectivity index (χ1n) is 5.13. The van der Waals surface area contributed by atoms with Crippen LogP contribution in [0.4, 0.5) is 0 Å². The molecule has 0 aliphatic heterocycles. The molecule has 0 saturated heterocycles. The van der Waals surface area contributed by atoms with Crippen molar-refractivity contribution in [1.29, 1.82) is 0 Å². The van der Waals surface area contributed by atoms with Gasteiger partial charge >= 0.3 is 5.97 Å². The fourth-order valence-corrected chi connectivity index (χ4v) is 1.83. The number of hydrogen-bond donors (Lipinski definition) is 1. The van der Waals surface area contributed by atoms with Crippen LogP contribution < -0.4 is 5.73 Å². The molecule has 0 unspecified atom stereocenters. The second kappa shape index (κ2) is 6.25. The molecule has 0 radical (unpaired) electrons. The highest BCUT2D eigenvalue weighted by atomic mass is 35.5. The number of quaternary nitrogens is 1. The van der Waals surface area contributed by atoms with E-state index in [1.807, 2.05) is 13.8 Å². The summed E-state index contributed by atoms with van der Waals surface area (Å²) < 4.78 is 5.17. The molecule has 0 aromatic carbocycles. The Balaban J connectivity index is 0.00000169. The lowest BCUT2D eigenvalue weighted by Gasteiger charge is -2.23. The van der Waals surface area contributed by atoms with Gasteiger partial charge < -0.3 is 10.5 Å². The molecule has 2 atom stereocenters. The van der Waals surface area contributed by atoms with E-state index in [2.05, 4.69) is 5.73 Å². The van der Waals surface area contributed by atoms with Gasteiger partial charge in [-0.15, -0.1) is 12.4 Å². The molecule has 84 valence electrons. The highest BCUT2D eigenvalue weighted by Gasteiger charge is 2.28. The average molecular weight is 223 g/mol. The van der Waals surface area contributed by atoms with Crippen LogP contribution in [-0.2, 0) is 9.53 Å². The Kier molecular flexibility index (Phi) is 6.12. The number of rotatable bonds is 2. The summed E-state index contributed by atoms with van der Waals surface area (Å²) in [5.74, 6) is 0.0852. The van der Waals surface area contributed by atoms with Crippen LogP contribution in [-0.4, -0.2) is 18.1 Å². The third-order valence-corrected chi connectivity index (χ3v) is 2.47. The van der Waals surface area contributed by atoms with Crippen LogP contribution in [0.3, 0.4) is 0 Å². The highest BCUT2D eigenvalue weighted by molar-refractivity contribution is 5.85. The summed E-state index contributed by atoms with van der Waals surface area (Å²) in [6.07, 6.45) is 4.18. The monoisotopic (exact) mass is 222 g/mol. The average Bonchev–Trinajstić information content (AvgIpc) is 2.03. The molecule has 1 fully saturated rings. The van der Waals surface area contributed by atoms with Crippen LogP contribution in [0.15, 0.2) is 0 Å². The molecule has 0 spiro atoms. The summed E-state index contributed by atoms with van der Waals surface area (Å²) in [5, 5.41) is 0. The van der Waals surface area contributed by atoms with Gasteiger partial charge in [0.15, 0.2) is 0 Å². The fraction of sp³-hybridized carbons (Fsp3) is 0.900. The van der Waals surface area contributed by atoms with Crippen LogP contribution >= 0.6 is 12.4 Å². The number of ether oxygens (including phenoxy) is 1. The van der Waals surface area contributed by atoms with Gasteiger partial charge in [-0.3, -0.25) is 4.79 Å². The lowest BCUT2D eigenvalue weighted by atomic mass is 9.86. The van der Waals surface area contributed by atoms with Crippen molar-refractivity contribution in [2.45, 2.75) is 51.7 Å². The molecule has 14 heavy (non-hydrogen) atoms. The van der Waals surface area contributed by atoms with Crippen molar-refractivity contribution in [3.63, 3.8) is 0 Å². The summed E-state index contributed by atoms with van der Waals surface area (Å²) in [4.78, 5) is 11.5. The Morgan fingerprint density at radius 2 is 2.07 bits per heavy atom. The predicted molar refractivity (Wildman–Crippen MR) is 57.1 cm³/mol. The van der Waals surface area contributed by atoms with E-state index in [9.17, 15) is 4.79 Å². The maximum atomic E-state index is 11.5. The van der Waals surface area contributed by atoms with Crippen molar-refractivity contribution in [3.05, 3.63) is 0 Å². The van der Waals surface area contributed by atoms with E-state index in [1.54, 1.807) is 0 Å². The quantitative estimate of drug-likeness (QED) is 0.713. The van der Waals surface area contributed by atoms with E-state index < -0.39 is 0 Å². The lowest BCUT2D eigenvalue weighted by molar-refractivity contribution is -0.427. The second-order valence-electron chi connectivity index (χ2n) is 4.22. The molecule has 3 nitrogen and oxygen atoms in total. The van der Waals surface area contributed by atoms with Crippen molar-refractivity contribution in [2.75, 3.05) is 0 Å². The molecule has 1 aliphatic carbocycles. The normalized spacial score (nSPS) is 26.9. The van der Waals surface area contributed by atoms with E-state index in [0.717, 1.165) is 25.7 Å². The molecule has 0 aromatic heterocycles. The van der Waals surface area contributed by atoms with E-state index in [0.29, 0.717) is 6.04 Å². The van der Waals surface area contributed by atoms with Crippen molar-refractivity contribution >= 4 is 18.4 Å². The fourth-order valence-electron chi connectivity index (χ4n) is 1.83. The number of carbonyl (C=O) groups is 1. The van der Waals surface area contributed by atoms with E-state index in [1.165, 1.54) is 0 Å². The zero-order valence-corrected chi connectivity index (χ0v) is 9.81. The van der Waals surface area contributed by atoms with E-state index >= 15 is 0 Å². The maximum Gasteiger partial charge on any atom is 0.309 e. The second-order valence-corrected chi connectivity index (χ2v) is 4.22. The Morgan fingerprint density at radius 1 is 1.43 bits per heavy atom. The highest BCUT2D eigenvalue weighted by Crippen LogP contribution is 2.23. The molecule has 3 N–H and O–H groups in total. The van der Waals surface area contributed by atoms with Crippen LogP contribution in [0.2, 0.25) is 0 Å². The number of esters is 1. The first kappa shape index (κ1) is 13.7. The minimum atomic E-state index is -0.0247. The van der Waals surface area contributed by atoms with Crippen LogP contribution in [0, 0.1) is 5.92 Å². The van der Waals surface area contributed by atoms with E-state index in [-0.39, 0.29) is 30.4 Å². The standard InChI is InChI=1S/C10H19NO2.ClH/c1-7(2)13-10(12)8-4-3-5-9(11)6-8;/h7-9H,3-6,11H2,1-2H3;1H/p+1/t8-,9+;/m1./s1. The number of carbonyl (C=O) groups excluding carboxylic acids is 1. The Hall–Kier alpha value is -0.280. The first-order chi connectivity index (χ1) is 6.09. The molecule has 0 aromatic rings. The van der Waals surface area contributed by atoms with E-state index in [4.69, 9.17) is 4.74 Å². The van der Waals surface area contributed by atoms with Gasteiger partial charge in [0.05, 0.1) is 18.1 Å². The van der Waals surface area contributed by atoms with Crippen molar-refractivity contribution in [1.82, 2.24) is 0 Å². The summed E-state index contributed by atoms with van der Waals surface area (Å²) in [5.41, 5.74) is 4.00. The maximum absolute atomic E-state index is 11.5. The van der Waals surface area contributed by atoms with Crippen LogP contribution in [0.1, 0.15) is 39.5 Å². The van der Waals surface area contributed by atoms with Gasteiger partial charge in [-0.1, -0.05) is 0 Å². The zero-order valence-electron chi connectivity index (χ0n) is 8.99. The third kappa shape index (κ3) is 4.29. The van der Waals surface area contributed by atoms with Gasteiger partial charge in [0.1, 0.15) is 0 Å². The SMILES string of the molecule is CC(C)OC(=O)[C@@H]1CCC[C@H]([NH3+])C1.Cl. The first-order valence-corrected chi connectivity index (χ1v) is 5.13. The van der Waals surface area contributed by atoms with Gasteiger partial charge in [0.2, 0.25) is 0 Å². The van der Waals surface area contributed by atoms with Gasteiger partial charge in [0, 0.05) is 6.42 Å². The summed E-state index contributed by atoms with van der Waals surface area (Å²) in [7, 11) is 0. The zero-order chi connectivity index (χ0) is 9.84. The van der Waals surface area contributed by atoms with Crippen molar-refractivity contribution < 1.29 is 15.3 Å². The van der Waals surface area contributed by atoms with Crippen molar-refractivity contribution in [2.24, 2.45) is 5.92 Å². The Morgan fingerprint density at radius 3 is 2.57 bits per heavy atom. The van der Waals surface area contributed by atoms with Gasteiger partial charge in [-0.05, 0) is 33.1 Å². The largest absolute Gasteiger partial charge is 0.463 e. The predicted octanol–water partition coefficient (Wildman–Crippen LogP) is 1.16. The number of halogens is 1. The smallest absolute Gasteiger partial charge is 0.309 e. The minimum Gasteiger partial charge on any atom is -0.463 e. The minimum absolute atomic E-state index is 0. The molecule has 1 rings (SSSR count). The Labute approximate surface area is 91.8 Å². The van der Waals surface area contributed by atoms with Crippen LogP contribution in [0.25, 0.3) is 0 Å². The summed E-state index contributed by atoms with van der Waals surface area (Å²) in [6.45, 7) is 3.78.